The summed E-state index contributed by atoms with van der Waals surface area (Å²) in [5, 5.41) is 9.22. The molecule has 2 aromatic rings. The van der Waals surface area contributed by atoms with Crippen LogP contribution in [0.25, 0.3) is 0 Å². The number of methoxy groups -OCH3 is 1. The number of benzene rings is 2. The molecule has 0 amide bonds. The lowest BCUT2D eigenvalue weighted by molar-refractivity contribution is -0.138. The molecule has 1 N–H and O–H groups in total. The third kappa shape index (κ3) is 7.48. The summed E-state index contributed by atoms with van der Waals surface area (Å²) in [6, 6.07) is 9.79. The van der Waals surface area contributed by atoms with Crippen LogP contribution in [0.3, 0.4) is 0 Å². The molecule has 0 radical (unpaired) electrons. The van der Waals surface area contributed by atoms with Gasteiger partial charge < -0.3 is 24.1 Å². The summed E-state index contributed by atoms with van der Waals surface area (Å²) in [7, 11) is 1.58. The summed E-state index contributed by atoms with van der Waals surface area (Å²) in [5.74, 6) is 1.34. The fraction of sp³-hybridized carbons (Fsp3) is 0.533. The smallest absolute Gasteiger partial charge is 0.303 e. The van der Waals surface area contributed by atoms with Gasteiger partial charge in [-0.05, 0) is 49.4 Å². The number of hydrogen-bond acceptors (Lipinski definition) is 6. The topological polar surface area (TPSA) is 91.3 Å². The molecular formula is C30H40O7. The summed E-state index contributed by atoms with van der Waals surface area (Å²) in [6.07, 6.45) is 4.87. The molecule has 3 rings (SSSR count). The molecule has 1 aliphatic rings. The van der Waals surface area contributed by atoms with Crippen LogP contribution in [0.5, 0.6) is 17.2 Å². The zero-order chi connectivity index (χ0) is 26.8. The van der Waals surface area contributed by atoms with Crippen molar-refractivity contribution in [2.45, 2.75) is 84.3 Å². The number of hydrogen-bond donors (Lipinski definition) is 1. The first-order chi connectivity index (χ1) is 17.9. The molecule has 0 saturated carbocycles. The van der Waals surface area contributed by atoms with E-state index in [-0.39, 0.29) is 24.4 Å². The van der Waals surface area contributed by atoms with Crippen LogP contribution in [0.1, 0.15) is 79.9 Å². The highest BCUT2D eigenvalue weighted by atomic mass is 16.5. The van der Waals surface area contributed by atoms with Gasteiger partial charge in [0.25, 0.3) is 0 Å². The zero-order valence-electron chi connectivity index (χ0n) is 22.5. The quantitative estimate of drug-likeness (QED) is 0.237. The summed E-state index contributed by atoms with van der Waals surface area (Å²) >= 11 is 0. The predicted octanol–water partition coefficient (Wildman–Crippen LogP) is 5.83. The van der Waals surface area contributed by atoms with E-state index < -0.39 is 5.97 Å². The van der Waals surface area contributed by atoms with Crippen LogP contribution in [-0.4, -0.2) is 49.4 Å². The molecule has 7 heteroatoms. The fourth-order valence-corrected chi connectivity index (χ4v) is 4.89. The van der Waals surface area contributed by atoms with Gasteiger partial charge in [0.2, 0.25) is 0 Å². The van der Waals surface area contributed by atoms with Crippen LogP contribution < -0.4 is 14.2 Å². The molecule has 0 bridgehead atoms. The molecule has 2 aromatic carbocycles. The van der Waals surface area contributed by atoms with Gasteiger partial charge in [-0.25, -0.2) is 0 Å². The number of para-hydroxylation sites is 1. The molecule has 0 fully saturated rings. The Morgan fingerprint density at radius 1 is 1.08 bits per heavy atom. The Kier molecular flexibility index (Phi) is 10.8. The highest BCUT2D eigenvalue weighted by Gasteiger charge is 2.32. The van der Waals surface area contributed by atoms with E-state index >= 15 is 0 Å². The minimum Gasteiger partial charge on any atom is -0.496 e. The first-order valence-electron chi connectivity index (χ1n) is 13.3. The molecule has 0 aliphatic carbocycles. The average molecular weight is 513 g/mol. The van der Waals surface area contributed by atoms with Gasteiger partial charge in [-0.15, -0.1) is 0 Å². The van der Waals surface area contributed by atoms with E-state index in [1.807, 2.05) is 6.07 Å². The molecule has 0 saturated heterocycles. The molecular weight excluding hydrogens is 472 g/mol. The fourth-order valence-electron chi connectivity index (χ4n) is 4.89. The maximum absolute atomic E-state index is 12.0. The van der Waals surface area contributed by atoms with E-state index in [1.165, 1.54) is 12.5 Å². The Labute approximate surface area is 220 Å². The molecule has 202 valence electrons. The van der Waals surface area contributed by atoms with Crippen LogP contribution >= 0.6 is 0 Å². The lowest BCUT2D eigenvalue weighted by Gasteiger charge is -2.34. The standard InChI is InChI=1S/C30H40O7/c1-5-9-21-11-7-12-22-19-27(26(37-29(21)22)15-16-28(32)33)36-18-8-17-35-25-14-13-23(20(3)31)30(34-4)24(25)10-6-2/h7,11-14,26-27H,5-6,8-10,15-19H2,1-4H3,(H,32,33). The van der Waals surface area contributed by atoms with Crippen molar-refractivity contribution in [1.82, 2.24) is 0 Å². The molecule has 0 spiro atoms. The van der Waals surface area contributed by atoms with Gasteiger partial charge >= 0.3 is 5.97 Å². The number of fused-ring (bicyclic) bond motifs is 1. The predicted molar refractivity (Wildman–Crippen MR) is 142 cm³/mol. The number of ether oxygens (including phenoxy) is 4. The van der Waals surface area contributed by atoms with Crippen LogP contribution in [-0.2, 0) is 28.8 Å². The third-order valence-electron chi connectivity index (χ3n) is 6.62. The summed E-state index contributed by atoms with van der Waals surface area (Å²) in [5.41, 5.74) is 3.75. The number of Topliss-reactive ketones (excluding diaryl/α,β-unsaturated/α-hetero) is 1. The van der Waals surface area contributed by atoms with Gasteiger partial charge in [-0.3, -0.25) is 9.59 Å². The van der Waals surface area contributed by atoms with Crippen molar-refractivity contribution in [2.24, 2.45) is 0 Å². The monoisotopic (exact) mass is 512 g/mol. The molecule has 1 heterocycles. The number of aryl methyl sites for hydroxylation is 1. The first-order valence-corrected chi connectivity index (χ1v) is 13.3. The number of carbonyl (C=O) groups excluding carboxylic acids is 1. The minimum absolute atomic E-state index is 0.0373. The second-order valence-corrected chi connectivity index (χ2v) is 9.49. The number of carboxylic acid groups (broad SMARTS) is 1. The van der Waals surface area contributed by atoms with Crippen molar-refractivity contribution in [3.05, 3.63) is 52.6 Å². The highest BCUT2D eigenvalue weighted by Crippen LogP contribution is 2.36. The SMILES string of the molecule is CCCc1cccc2c1OC(CCC(=O)O)C(OCCCOc1ccc(C(C)=O)c(OC)c1CCC)C2. The second-order valence-electron chi connectivity index (χ2n) is 9.49. The summed E-state index contributed by atoms with van der Waals surface area (Å²) in [6.45, 7) is 6.66. The van der Waals surface area contributed by atoms with Gasteiger partial charge in [0.1, 0.15) is 23.4 Å². The van der Waals surface area contributed by atoms with Crippen LogP contribution in [0.15, 0.2) is 30.3 Å². The maximum atomic E-state index is 12.0. The average Bonchev–Trinajstić information content (AvgIpc) is 2.87. The highest BCUT2D eigenvalue weighted by molar-refractivity contribution is 5.97. The second kappa shape index (κ2) is 14.0. The van der Waals surface area contributed by atoms with Crippen LogP contribution in [0.4, 0.5) is 0 Å². The number of carboxylic acids is 1. The van der Waals surface area contributed by atoms with Gasteiger partial charge in [-0.2, -0.15) is 0 Å². The van der Waals surface area contributed by atoms with E-state index in [1.54, 1.807) is 13.2 Å². The Morgan fingerprint density at radius 2 is 1.86 bits per heavy atom. The van der Waals surface area contributed by atoms with Crippen LogP contribution in [0.2, 0.25) is 0 Å². The summed E-state index contributed by atoms with van der Waals surface area (Å²) in [4.78, 5) is 23.2. The zero-order valence-corrected chi connectivity index (χ0v) is 22.5. The molecule has 0 aromatic heterocycles. The lowest BCUT2D eigenvalue weighted by atomic mass is 9.93. The van der Waals surface area contributed by atoms with Crippen molar-refractivity contribution in [3.8, 4) is 17.2 Å². The number of rotatable bonds is 15. The Balaban J connectivity index is 1.62. The Morgan fingerprint density at radius 3 is 2.54 bits per heavy atom. The van der Waals surface area contributed by atoms with E-state index in [2.05, 4.69) is 32.0 Å². The van der Waals surface area contributed by atoms with Crippen molar-refractivity contribution in [3.63, 3.8) is 0 Å². The number of carbonyl (C=O) groups is 2. The van der Waals surface area contributed by atoms with E-state index in [9.17, 15) is 14.7 Å². The van der Waals surface area contributed by atoms with Crippen molar-refractivity contribution < 1.29 is 33.6 Å². The number of aliphatic carboxylic acids is 1. The Hall–Kier alpha value is -3.06. The van der Waals surface area contributed by atoms with Gasteiger partial charge in [-0.1, -0.05) is 44.9 Å². The third-order valence-corrected chi connectivity index (χ3v) is 6.62. The molecule has 2 unspecified atom stereocenters. The maximum Gasteiger partial charge on any atom is 0.303 e. The van der Waals surface area contributed by atoms with E-state index in [4.69, 9.17) is 18.9 Å². The van der Waals surface area contributed by atoms with Gasteiger partial charge in [0.05, 0.1) is 32.0 Å². The molecule has 1 aliphatic heterocycles. The van der Waals surface area contributed by atoms with Crippen LogP contribution in [0, 0.1) is 0 Å². The molecule has 7 nitrogen and oxygen atoms in total. The van der Waals surface area contributed by atoms with E-state index in [0.29, 0.717) is 43.8 Å². The minimum atomic E-state index is -0.836. The largest absolute Gasteiger partial charge is 0.496 e. The van der Waals surface area contributed by atoms with Crippen molar-refractivity contribution >= 4 is 11.8 Å². The molecule has 37 heavy (non-hydrogen) atoms. The summed E-state index contributed by atoms with van der Waals surface area (Å²) < 4.78 is 24.2. The van der Waals surface area contributed by atoms with Gasteiger partial charge in [0, 0.05) is 24.8 Å². The van der Waals surface area contributed by atoms with E-state index in [0.717, 1.165) is 48.3 Å². The first kappa shape index (κ1) is 28.5. The normalized spacial score (nSPS) is 16.5. The Bertz CT molecular complexity index is 1060. The van der Waals surface area contributed by atoms with Crippen molar-refractivity contribution in [1.29, 1.82) is 0 Å². The lowest BCUT2D eigenvalue weighted by Crippen LogP contribution is -2.40. The number of ketones is 1. The van der Waals surface area contributed by atoms with Gasteiger partial charge in [0.15, 0.2) is 5.78 Å². The van der Waals surface area contributed by atoms with Crippen molar-refractivity contribution in [2.75, 3.05) is 20.3 Å². The molecule has 2 atom stereocenters.